The summed E-state index contributed by atoms with van der Waals surface area (Å²) in [6, 6.07) is 5.81. The van der Waals surface area contributed by atoms with Crippen LogP contribution in [0.1, 0.15) is 51.1 Å². The van der Waals surface area contributed by atoms with Gasteiger partial charge in [-0.15, -0.1) is 0 Å². The van der Waals surface area contributed by atoms with Gasteiger partial charge in [0, 0.05) is 6.04 Å². The van der Waals surface area contributed by atoms with Crippen LogP contribution >= 0.6 is 23.2 Å². The third kappa shape index (κ3) is 2.84. The van der Waals surface area contributed by atoms with Crippen molar-refractivity contribution in [2.45, 2.75) is 45.6 Å². The molecular formula is C15H21Cl2N. The second kappa shape index (κ2) is 5.40. The van der Waals surface area contributed by atoms with Gasteiger partial charge < -0.3 is 5.73 Å². The molecule has 2 N–H and O–H groups in total. The van der Waals surface area contributed by atoms with Crippen molar-refractivity contribution in [3.05, 3.63) is 33.8 Å². The summed E-state index contributed by atoms with van der Waals surface area (Å²) in [5.74, 6) is 0.517. The SMILES string of the molecule is CC1(C)CCCCC1C(N)c1ccc(Cl)c(Cl)c1. The first-order chi connectivity index (χ1) is 8.42. The minimum atomic E-state index is 0.0510. The predicted octanol–water partition coefficient (Wildman–Crippen LogP) is 5.21. The van der Waals surface area contributed by atoms with Gasteiger partial charge in [0.05, 0.1) is 10.0 Å². The van der Waals surface area contributed by atoms with Crippen molar-refractivity contribution in [2.75, 3.05) is 0 Å². The van der Waals surface area contributed by atoms with E-state index in [2.05, 4.69) is 13.8 Å². The quantitative estimate of drug-likeness (QED) is 0.793. The van der Waals surface area contributed by atoms with Gasteiger partial charge in [0.1, 0.15) is 0 Å². The van der Waals surface area contributed by atoms with Gasteiger partial charge in [-0.05, 0) is 41.9 Å². The van der Waals surface area contributed by atoms with E-state index < -0.39 is 0 Å². The monoisotopic (exact) mass is 285 g/mol. The standard InChI is InChI=1S/C15H21Cl2N/c1-15(2)8-4-3-5-11(15)14(18)10-6-7-12(16)13(17)9-10/h6-7,9,11,14H,3-5,8,18H2,1-2H3. The van der Waals surface area contributed by atoms with Crippen LogP contribution in [0.2, 0.25) is 10.0 Å². The number of nitrogens with two attached hydrogens (primary N) is 1. The fourth-order valence-corrected chi connectivity index (χ4v) is 3.45. The summed E-state index contributed by atoms with van der Waals surface area (Å²) in [7, 11) is 0. The maximum atomic E-state index is 6.46. The fourth-order valence-electron chi connectivity index (χ4n) is 3.14. The van der Waals surface area contributed by atoms with Gasteiger partial charge in [0.2, 0.25) is 0 Å². The molecule has 0 spiro atoms. The summed E-state index contributed by atoms with van der Waals surface area (Å²) in [5, 5.41) is 1.19. The zero-order chi connectivity index (χ0) is 13.3. The molecule has 0 aliphatic heterocycles. The van der Waals surface area contributed by atoms with E-state index in [1.165, 1.54) is 25.7 Å². The highest BCUT2D eigenvalue weighted by atomic mass is 35.5. The molecule has 0 aromatic heterocycles. The molecule has 1 aliphatic rings. The van der Waals surface area contributed by atoms with Crippen molar-refractivity contribution in [1.29, 1.82) is 0 Å². The molecule has 1 nitrogen and oxygen atoms in total. The molecule has 2 rings (SSSR count). The van der Waals surface area contributed by atoms with Crippen LogP contribution < -0.4 is 5.73 Å². The van der Waals surface area contributed by atoms with Gasteiger partial charge in [-0.2, -0.15) is 0 Å². The Morgan fingerprint density at radius 3 is 2.56 bits per heavy atom. The Hall–Kier alpha value is -0.240. The first kappa shape index (κ1) is 14.2. The van der Waals surface area contributed by atoms with E-state index in [0.29, 0.717) is 21.4 Å². The molecule has 1 aromatic rings. The van der Waals surface area contributed by atoms with Crippen molar-refractivity contribution in [2.24, 2.45) is 17.1 Å². The molecule has 18 heavy (non-hydrogen) atoms. The number of benzene rings is 1. The first-order valence-electron chi connectivity index (χ1n) is 6.62. The fraction of sp³-hybridized carbons (Fsp3) is 0.600. The summed E-state index contributed by atoms with van der Waals surface area (Å²) in [5.41, 5.74) is 7.87. The third-order valence-corrected chi connectivity index (χ3v) is 5.09. The van der Waals surface area contributed by atoms with Crippen molar-refractivity contribution < 1.29 is 0 Å². The Morgan fingerprint density at radius 2 is 1.94 bits per heavy atom. The zero-order valence-electron chi connectivity index (χ0n) is 11.0. The summed E-state index contributed by atoms with van der Waals surface area (Å²) in [4.78, 5) is 0. The zero-order valence-corrected chi connectivity index (χ0v) is 12.6. The molecule has 2 atom stereocenters. The molecule has 0 bridgehead atoms. The van der Waals surface area contributed by atoms with Gasteiger partial charge >= 0.3 is 0 Å². The molecule has 0 amide bonds. The third-order valence-electron chi connectivity index (χ3n) is 4.35. The highest BCUT2D eigenvalue weighted by molar-refractivity contribution is 6.42. The van der Waals surface area contributed by atoms with Gasteiger partial charge in [0.25, 0.3) is 0 Å². The van der Waals surface area contributed by atoms with Crippen molar-refractivity contribution >= 4 is 23.2 Å². The maximum Gasteiger partial charge on any atom is 0.0595 e. The molecular weight excluding hydrogens is 265 g/mol. The first-order valence-corrected chi connectivity index (χ1v) is 7.38. The van der Waals surface area contributed by atoms with Crippen LogP contribution in [0.15, 0.2) is 18.2 Å². The normalized spacial score (nSPS) is 24.8. The van der Waals surface area contributed by atoms with Gasteiger partial charge in [-0.25, -0.2) is 0 Å². The summed E-state index contributed by atoms with van der Waals surface area (Å²) < 4.78 is 0. The molecule has 0 saturated heterocycles. The Labute approximate surface area is 120 Å². The molecule has 1 aromatic carbocycles. The number of hydrogen-bond donors (Lipinski definition) is 1. The van der Waals surface area contributed by atoms with Crippen LogP contribution in [0.4, 0.5) is 0 Å². The lowest BCUT2D eigenvalue weighted by atomic mass is 9.65. The van der Waals surface area contributed by atoms with Crippen LogP contribution in [-0.4, -0.2) is 0 Å². The largest absolute Gasteiger partial charge is 0.324 e. The molecule has 3 heteroatoms. The molecule has 0 heterocycles. The number of halogens is 2. The van der Waals surface area contributed by atoms with E-state index in [1.54, 1.807) is 0 Å². The minimum Gasteiger partial charge on any atom is -0.324 e. The summed E-state index contributed by atoms with van der Waals surface area (Å²) >= 11 is 12.0. The van der Waals surface area contributed by atoms with Crippen molar-refractivity contribution in [3.8, 4) is 0 Å². The molecule has 100 valence electrons. The molecule has 0 radical (unpaired) electrons. The highest BCUT2D eigenvalue weighted by Crippen LogP contribution is 2.46. The van der Waals surface area contributed by atoms with E-state index in [-0.39, 0.29) is 6.04 Å². The second-order valence-corrected chi connectivity index (χ2v) is 6.85. The topological polar surface area (TPSA) is 26.0 Å². The van der Waals surface area contributed by atoms with E-state index >= 15 is 0 Å². The van der Waals surface area contributed by atoms with E-state index in [9.17, 15) is 0 Å². The predicted molar refractivity (Wildman–Crippen MR) is 79.1 cm³/mol. The Balaban J connectivity index is 2.24. The molecule has 2 unspecified atom stereocenters. The maximum absolute atomic E-state index is 6.46. The van der Waals surface area contributed by atoms with Crippen molar-refractivity contribution in [1.82, 2.24) is 0 Å². The van der Waals surface area contributed by atoms with Crippen LogP contribution in [-0.2, 0) is 0 Å². The van der Waals surface area contributed by atoms with Crippen LogP contribution in [0.3, 0.4) is 0 Å². The smallest absolute Gasteiger partial charge is 0.0595 e. The van der Waals surface area contributed by atoms with Gasteiger partial charge in [-0.1, -0.05) is 56.0 Å². The number of rotatable bonds is 2. The lowest BCUT2D eigenvalue weighted by molar-refractivity contribution is 0.112. The molecule has 1 fully saturated rings. The van der Waals surface area contributed by atoms with E-state index in [1.807, 2.05) is 18.2 Å². The Morgan fingerprint density at radius 1 is 1.22 bits per heavy atom. The van der Waals surface area contributed by atoms with E-state index in [4.69, 9.17) is 28.9 Å². The van der Waals surface area contributed by atoms with Crippen molar-refractivity contribution in [3.63, 3.8) is 0 Å². The van der Waals surface area contributed by atoms with E-state index in [0.717, 1.165) is 5.56 Å². The van der Waals surface area contributed by atoms with Gasteiger partial charge in [-0.3, -0.25) is 0 Å². The Bertz CT molecular complexity index is 429. The molecule has 1 saturated carbocycles. The molecule has 1 aliphatic carbocycles. The lowest BCUT2D eigenvalue weighted by Crippen LogP contribution is -2.36. The lowest BCUT2D eigenvalue weighted by Gasteiger charge is -2.42. The number of hydrogen-bond acceptors (Lipinski definition) is 1. The Kier molecular flexibility index (Phi) is 4.25. The van der Waals surface area contributed by atoms with Crippen LogP contribution in [0.25, 0.3) is 0 Å². The second-order valence-electron chi connectivity index (χ2n) is 6.04. The summed E-state index contributed by atoms with van der Waals surface area (Å²) in [6.45, 7) is 4.66. The van der Waals surface area contributed by atoms with Crippen LogP contribution in [0, 0.1) is 11.3 Å². The average molecular weight is 286 g/mol. The average Bonchev–Trinajstić information content (AvgIpc) is 2.31. The summed E-state index contributed by atoms with van der Waals surface area (Å²) in [6.07, 6.45) is 5.06. The van der Waals surface area contributed by atoms with Crippen LogP contribution in [0.5, 0.6) is 0 Å². The van der Waals surface area contributed by atoms with Gasteiger partial charge in [0.15, 0.2) is 0 Å². The minimum absolute atomic E-state index is 0.0510. The highest BCUT2D eigenvalue weighted by Gasteiger charge is 2.36.